The first-order chi connectivity index (χ1) is 11.8. The van der Waals surface area contributed by atoms with Crippen LogP contribution in [0.25, 0.3) is 0 Å². The molecule has 0 fully saturated rings. The zero-order valence-corrected chi connectivity index (χ0v) is 22.3. The van der Waals surface area contributed by atoms with Gasteiger partial charge in [-0.2, -0.15) is 0 Å². The third-order valence-electron chi connectivity index (χ3n) is 4.52. The normalized spacial score (nSPS) is 13.3. The average molecular weight is 425 g/mol. The van der Waals surface area contributed by atoms with Crippen molar-refractivity contribution in [2.24, 2.45) is 0 Å². The van der Waals surface area contributed by atoms with Crippen LogP contribution in [0.15, 0.2) is 0 Å². The van der Waals surface area contributed by atoms with Gasteiger partial charge in [0.15, 0.2) is 0 Å². The summed E-state index contributed by atoms with van der Waals surface area (Å²) in [7, 11) is -4.51. The maximum Gasteiger partial charge on any atom is 1.00 e. The number of aliphatic hydroxyl groups is 1. The first-order valence-corrected chi connectivity index (χ1v) is 11.1. The molecule has 2 atom stereocenters. The largest absolute Gasteiger partial charge is 1.00 e. The molecule has 1 N–H and O–H groups in total. The average Bonchev–Trinajstić information content (AvgIpc) is 2.51. The Morgan fingerprint density at radius 1 is 0.852 bits per heavy atom. The van der Waals surface area contributed by atoms with Gasteiger partial charge in [-0.05, 0) is 25.7 Å². The van der Waals surface area contributed by atoms with E-state index < -0.39 is 27.4 Å². The molecule has 6 nitrogen and oxygen atoms in total. The Morgan fingerprint density at radius 3 is 1.78 bits per heavy atom. The van der Waals surface area contributed by atoms with Crippen LogP contribution in [0.4, 0.5) is 0 Å². The fourth-order valence-corrected chi connectivity index (χ4v) is 3.97. The van der Waals surface area contributed by atoms with Crippen molar-refractivity contribution in [1.29, 1.82) is 0 Å². The van der Waals surface area contributed by atoms with Gasteiger partial charge in [-0.15, -0.1) is 0 Å². The van der Waals surface area contributed by atoms with Crippen molar-refractivity contribution in [3.05, 3.63) is 0 Å². The van der Waals surface area contributed by atoms with Gasteiger partial charge in [-0.3, -0.25) is 0 Å². The number of hydrogen-bond donors (Lipinski definition) is 1. The molecule has 0 bridgehead atoms. The molecule has 2 unspecified atom stereocenters. The van der Waals surface area contributed by atoms with E-state index in [0.29, 0.717) is 19.3 Å². The van der Waals surface area contributed by atoms with E-state index in [0.717, 1.165) is 51.4 Å². The molecule has 9 heteroatoms. The molecule has 0 aromatic carbocycles. The zero-order valence-electron chi connectivity index (χ0n) is 17.5. The Bertz CT molecular complexity index is 445. The van der Waals surface area contributed by atoms with E-state index in [-0.39, 0.29) is 72.0 Å². The topological polar surface area (TPSA) is 118 Å². The number of carbonyl (C=O) groups is 1. The summed E-state index contributed by atoms with van der Waals surface area (Å²) in [5, 5.41) is 19.1. The molecule has 0 amide bonds. The van der Waals surface area contributed by atoms with Gasteiger partial charge >= 0.3 is 59.1 Å². The molecule has 0 spiro atoms. The van der Waals surface area contributed by atoms with E-state index in [1.165, 1.54) is 6.42 Å². The number of hydrogen-bond acceptors (Lipinski definition) is 6. The molecular formula is C18H34Na2O6S. The van der Waals surface area contributed by atoms with Crippen molar-refractivity contribution in [3.63, 3.8) is 0 Å². The van der Waals surface area contributed by atoms with Gasteiger partial charge < -0.3 is 19.6 Å². The molecule has 0 saturated heterocycles. The minimum absolute atomic E-state index is 0. The summed E-state index contributed by atoms with van der Waals surface area (Å²) in [6.07, 6.45) is 9.05. The van der Waals surface area contributed by atoms with Gasteiger partial charge in [-0.1, -0.05) is 71.1 Å². The predicted octanol–water partition coefficient (Wildman–Crippen LogP) is -3.50. The van der Waals surface area contributed by atoms with Gasteiger partial charge in [-0.25, -0.2) is 8.42 Å². The Labute approximate surface area is 209 Å². The van der Waals surface area contributed by atoms with Gasteiger partial charge in [0.2, 0.25) is 0 Å². The van der Waals surface area contributed by atoms with Crippen molar-refractivity contribution >= 4 is 16.1 Å². The molecule has 27 heavy (non-hydrogen) atoms. The summed E-state index contributed by atoms with van der Waals surface area (Å²) in [6.45, 7) is 2.14. The molecule has 0 aliphatic rings. The van der Waals surface area contributed by atoms with Crippen LogP contribution in [0.5, 0.6) is 0 Å². The molecule has 0 saturated carbocycles. The number of carbonyl (C=O) groups excluding carboxylic acids is 1. The summed E-state index contributed by atoms with van der Waals surface area (Å²) < 4.78 is 34.2. The summed E-state index contributed by atoms with van der Waals surface area (Å²) in [5.41, 5.74) is 0. The monoisotopic (exact) mass is 424 g/mol. The van der Waals surface area contributed by atoms with Crippen LogP contribution in [-0.4, -0.2) is 35.4 Å². The number of unbranched alkanes of at least 4 members (excludes halogenated alkanes) is 9. The van der Waals surface area contributed by atoms with E-state index in [1.54, 1.807) is 0 Å². The van der Waals surface area contributed by atoms with Gasteiger partial charge in [0.05, 0.1) is 11.4 Å². The first-order valence-electron chi connectivity index (χ1n) is 9.61. The molecule has 0 radical (unpaired) electrons. The van der Waals surface area contributed by atoms with Crippen molar-refractivity contribution in [2.45, 2.75) is 108 Å². The number of rotatable bonds is 17. The minimum Gasteiger partial charge on any atom is -0.748 e. The smallest absolute Gasteiger partial charge is 0.748 e. The van der Waals surface area contributed by atoms with Crippen molar-refractivity contribution in [3.8, 4) is 0 Å². The van der Waals surface area contributed by atoms with Crippen molar-refractivity contribution in [2.75, 3.05) is 0 Å². The van der Waals surface area contributed by atoms with Gasteiger partial charge in [0.25, 0.3) is 0 Å². The molecule has 0 aliphatic heterocycles. The number of aliphatic hydroxyl groups excluding tert-OH is 1. The number of aliphatic carboxylic acids is 1. The summed E-state index contributed by atoms with van der Waals surface area (Å²) >= 11 is 0. The first kappa shape index (κ1) is 33.0. The molecule has 0 aromatic heterocycles. The van der Waals surface area contributed by atoms with E-state index in [4.69, 9.17) is 0 Å². The molecule has 150 valence electrons. The van der Waals surface area contributed by atoms with Crippen molar-refractivity contribution < 1.29 is 87.1 Å². The quantitative estimate of drug-likeness (QED) is 0.147. The van der Waals surface area contributed by atoms with E-state index in [1.807, 2.05) is 0 Å². The van der Waals surface area contributed by atoms with Crippen molar-refractivity contribution in [1.82, 2.24) is 0 Å². The van der Waals surface area contributed by atoms with Crippen LogP contribution < -0.4 is 64.2 Å². The van der Waals surface area contributed by atoms with E-state index >= 15 is 0 Å². The van der Waals surface area contributed by atoms with Crippen LogP contribution in [0.2, 0.25) is 0 Å². The second kappa shape index (κ2) is 20.6. The van der Waals surface area contributed by atoms with E-state index in [2.05, 4.69) is 6.92 Å². The Balaban J connectivity index is -0.00000288. The van der Waals surface area contributed by atoms with Gasteiger partial charge in [0.1, 0.15) is 10.1 Å². The second-order valence-electron chi connectivity index (χ2n) is 6.83. The second-order valence-corrected chi connectivity index (χ2v) is 8.42. The maximum absolute atomic E-state index is 11.4. The molecule has 0 heterocycles. The predicted molar refractivity (Wildman–Crippen MR) is 94.8 cm³/mol. The number of carboxylic acid groups (broad SMARTS) is 1. The summed E-state index contributed by atoms with van der Waals surface area (Å²) in [5.74, 6) is -1.06. The van der Waals surface area contributed by atoms with Crippen LogP contribution in [0, 0.1) is 0 Å². The third-order valence-corrected chi connectivity index (χ3v) is 5.81. The molecule has 0 aliphatic carbocycles. The van der Waals surface area contributed by atoms with E-state index in [9.17, 15) is 28.0 Å². The maximum atomic E-state index is 11.4. The van der Waals surface area contributed by atoms with Gasteiger partial charge in [0, 0.05) is 5.97 Å². The fraction of sp³-hybridized carbons (Fsp3) is 0.944. The number of carboxylic acids is 1. The molecule has 0 aromatic rings. The SMILES string of the molecule is CCCCCCCCC(O)C(CCCCCCCC(=O)[O-])S(=O)(=O)[O-].[Na+].[Na+]. The fourth-order valence-electron chi connectivity index (χ4n) is 2.99. The van der Waals surface area contributed by atoms with Crippen LogP contribution in [0.1, 0.15) is 96.8 Å². The van der Waals surface area contributed by atoms with Crippen LogP contribution in [0.3, 0.4) is 0 Å². The van der Waals surface area contributed by atoms with Crippen LogP contribution >= 0.6 is 0 Å². The van der Waals surface area contributed by atoms with Crippen LogP contribution in [-0.2, 0) is 14.9 Å². The Hall–Kier alpha value is 1.34. The standard InChI is InChI=1S/C18H36O6S.2Na/c1-2-3-4-5-7-10-13-16(19)17(25(22,23)24)14-11-8-6-9-12-15-18(20)21;;/h16-17,19H,2-15H2,1H3,(H,20,21)(H,22,23,24);;/q;2*+1/p-2. The Morgan fingerprint density at radius 2 is 1.30 bits per heavy atom. The third kappa shape index (κ3) is 20.4. The minimum atomic E-state index is -4.51. The summed E-state index contributed by atoms with van der Waals surface area (Å²) in [6, 6.07) is 0. The molecule has 0 rings (SSSR count). The summed E-state index contributed by atoms with van der Waals surface area (Å²) in [4.78, 5) is 10.3. The molecular weight excluding hydrogens is 390 g/mol. The Kier molecular flexibility index (Phi) is 25.2. The zero-order chi connectivity index (χ0) is 19.1.